The van der Waals surface area contributed by atoms with E-state index in [1.54, 1.807) is 7.11 Å². The van der Waals surface area contributed by atoms with Gasteiger partial charge in [-0.15, -0.1) is 11.3 Å². The molecule has 1 fully saturated rings. The Balaban J connectivity index is 1.38. The molecule has 0 saturated carbocycles. The molecule has 4 rings (SSSR count). The van der Waals surface area contributed by atoms with Gasteiger partial charge in [-0.05, 0) is 55.1 Å². The molecule has 0 aliphatic carbocycles. The number of ether oxygens (including phenoxy) is 1. The van der Waals surface area contributed by atoms with Gasteiger partial charge in [-0.2, -0.15) is 0 Å². The zero-order valence-corrected chi connectivity index (χ0v) is 18.0. The summed E-state index contributed by atoms with van der Waals surface area (Å²) in [6.45, 7) is 2.40. The fraction of sp³-hybridized carbons (Fsp3) is 0.375. The Morgan fingerprint density at radius 3 is 2.83 bits per heavy atom. The van der Waals surface area contributed by atoms with Gasteiger partial charge in [0, 0.05) is 41.7 Å². The number of hydrogen-bond donors (Lipinski definition) is 0. The smallest absolute Gasteiger partial charge is 0.222 e. The highest BCUT2D eigenvalue weighted by atomic mass is 32.1. The summed E-state index contributed by atoms with van der Waals surface area (Å²) in [5.41, 5.74) is 1.12. The van der Waals surface area contributed by atoms with Crippen molar-refractivity contribution in [3.05, 3.63) is 65.0 Å². The second-order valence-electron chi connectivity index (χ2n) is 7.81. The average Bonchev–Trinajstić information content (AvgIpc) is 3.05. The van der Waals surface area contributed by atoms with Crippen molar-refractivity contribution in [2.45, 2.75) is 38.4 Å². The number of methoxy groups -OCH3 is 1. The van der Waals surface area contributed by atoms with E-state index in [1.807, 2.05) is 34.4 Å². The van der Waals surface area contributed by atoms with Crippen LogP contribution in [-0.2, 0) is 17.9 Å². The number of amides is 1. The minimum Gasteiger partial charge on any atom is -0.497 e. The van der Waals surface area contributed by atoms with E-state index < -0.39 is 0 Å². The number of nitrogens with zero attached hydrogens (tertiary/aromatic N) is 2. The van der Waals surface area contributed by atoms with Crippen LogP contribution < -0.4 is 4.74 Å². The Morgan fingerprint density at radius 2 is 2.00 bits per heavy atom. The minimum absolute atomic E-state index is 0.255. The predicted molar refractivity (Wildman–Crippen MR) is 119 cm³/mol. The molecule has 2 aromatic carbocycles. The van der Waals surface area contributed by atoms with Crippen LogP contribution in [-0.4, -0.2) is 42.5 Å². The lowest BCUT2D eigenvalue weighted by atomic mass is 10.1. The van der Waals surface area contributed by atoms with Crippen molar-refractivity contribution in [1.29, 1.82) is 0 Å². The van der Waals surface area contributed by atoms with Crippen molar-refractivity contribution < 1.29 is 9.53 Å². The topological polar surface area (TPSA) is 32.8 Å². The van der Waals surface area contributed by atoms with E-state index in [2.05, 4.69) is 48.3 Å². The van der Waals surface area contributed by atoms with Crippen LogP contribution in [0.15, 0.2) is 54.6 Å². The third-order valence-electron chi connectivity index (χ3n) is 5.79. The van der Waals surface area contributed by atoms with Crippen LogP contribution in [0.3, 0.4) is 0 Å². The molecule has 0 N–H and O–H groups in total. The molecule has 1 aromatic heterocycles. The van der Waals surface area contributed by atoms with Crippen molar-refractivity contribution in [3.8, 4) is 5.75 Å². The van der Waals surface area contributed by atoms with Gasteiger partial charge < -0.3 is 9.64 Å². The zero-order chi connectivity index (χ0) is 20.2. The van der Waals surface area contributed by atoms with E-state index in [-0.39, 0.29) is 5.91 Å². The summed E-state index contributed by atoms with van der Waals surface area (Å²) in [4.78, 5) is 18.5. The highest BCUT2D eigenvalue weighted by molar-refractivity contribution is 7.19. The third kappa shape index (κ3) is 4.80. The number of hydrogen-bond acceptors (Lipinski definition) is 4. The van der Waals surface area contributed by atoms with E-state index in [4.69, 9.17) is 4.74 Å². The number of carbonyl (C=O) groups is 1. The first-order valence-corrected chi connectivity index (χ1v) is 11.0. The number of fused-ring (bicyclic) bond motifs is 1. The van der Waals surface area contributed by atoms with Crippen molar-refractivity contribution in [3.63, 3.8) is 0 Å². The molecule has 152 valence electrons. The first-order valence-electron chi connectivity index (χ1n) is 10.2. The van der Waals surface area contributed by atoms with Crippen LogP contribution in [0.2, 0.25) is 0 Å². The normalized spacial score (nSPS) is 17.7. The molecule has 5 heteroatoms. The van der Waals surface area contributed by atoms with E-state index in [0.717, 1.165) is 37.2 Å². The van der Waals surface area contributed by atoms with Crippen molar-refractivity contribution >= 4 is 27.3 Å². The maximum Gasteiger partial charge on any atom is 0.222 e. The van der Waals surface area contributed by atoms with Crippen LogP contribution >= 0.6 is 11.3 Å². The van der Waals surface area contributed by atoms with Gasteiger partial charge in [-0.25, -0.2) is 0 Å². The van der Waals surface area contributed by atoms with Gasteiger partial charge in [0.1, 0.15) is 5.75 Å². The molecule has 0 radical (unpaired) electrons. The SMILES string of the molecule is COc1cccc(CN2CCC(N(C)Cc3cc4ccccc4s3)CCC2=O)c1. The van der Waals surface area contributed by atoms with E-state index in [0.29, 0.717) is 19.0 Å². The van der Waals surface area contributed by atoms with E-state index in [9.17, 15) is 4.79 Å². The molecule has 0 spiro atoms. The number of benzene rings is 2. The van der Waals surface area contributed by atoms with E-state index >= 15 is 0 Å². The Morgan fingerprint density at radius 1 is 1.14 bits per heavy atom. The maximum atomic E-state index is 12.7. The largest absolute Gasteiger partial charge is 0.497 e. The molecule has 0 bridgehead atoms. The Kier molecular flexibility index (Phi) is 6.16. The molecule has 2 heterocycles. The number of carbonyl (C=O) groups excluding carboxylic acids is 1. The van der Waals surface area contributed by atoms with Gasteiger partial charge in [0.15, 0.2) is 0 Å². The summed E-state index contributed by atoms with van der Waals surface area (Å²) in [6.07, 6.45) is 2.55. The lowest BCUT2D eigenvalue weighted by Gasteiger charge is -2.26. The molecule has 1 aliphatic rings. The number of likely N-dealkylation sites (tertiary alicyclic amines) is 1. The third-order valence-corrected chi connectivity index (χ3v) is 6.89. The molecular weight excluding hydrogens is 380 g/mol. The predicted octanol–water partition coefficient (Wildman–Crippen LogP) is 4.92. The molecular formula is C24H28N2O2S. The van der Waals surface area contributed by atoms with Crippen molar-refractivity contribution in [1.82, 2.24) is 9.80 Å². The Bertz CT molecular complexity index is 951. The molecule has 29 heavy (non-hydrogen) atoms. The summed E-state index contributed by atoms with van der Waals surface area (Å²) in [5.74, 6) is 1.09. The summed E-state index contributed by atoms with van der Waals surface area (Å²) >= 11 is 1.87. The zero-order valence-electron chi connectivity index (χ0n) is 17.1. The van der Waals surface area contributed by atoms with Crippen molar-refractivity contribution in [2.75, 3.05) is 20.7 Å². The van der Waals surface area contributed by atoms with Gasteiger partial charge in [-0.1, -0.05) is 30.3 Å². The van der Waals surface area contributed by atoms with Crippen LogP contribution in [0.1, 0.15) is 29.7 Å². The van der Waals surface area contributed by atoms with Crippen LogP contribution in [0.5, 0.6) is 5.75 Å². The summed E-state index contributed by atoms with van der Waals surface area (Å²) in [7, 11) is 3.87. The number of thiophene rings is 1. The Hall–Kier alpha value is -2.37. The first-order chi connectivity index (χ1) is 14.1. The highest BCUT2D eigenvalue weighted by Gasteiger charge is 2.25. The second kappa shape index (κ2) is 8.97. The molecule has 1 aliphatic heterocycles. The van der Waals surface area contributed by atoms with Crippen LogP contribution in [0.25, 0.3) is 10.1 Å². The number of rotatable bonds is 6. The molecule has 3 aromatic rings. The summed E-state index contributed by atoms with van der Waals surface area (Å²) < 4.78 is 6.66. The van der Waals surface area contributed by atoms with E-state index in [1.165, 1.54) is 15.0 Å². The van der Waals surface area contributed by atoms with Crippen LogP contribution in [0.4, 0.5) is 0 Å². The molecule has 4 nitrogen and oxygen atoms in total. The lowest BCUT2D eigenvalue weighted by molar-refractivity contribution is -0.131. The first kappa shape index (κ1) is 19.9. The standard InChI is InChI=1S/C24H28N2O2S/c1-25(17-22-15-19-7-3-4-9-23(19)29-22)20-10-11-24(27)26(13-12-20)16-18-6-5-8-21(14-18)28-2/h3-9,14-15,20H,10-13,16-17H2,1-2H3. The average molecular weight is 409 g/mol. The quantitative estimate of drug-likeness (QED) is 0.580. The molecule has 1 unspecified atom stereocenters. The highest BCUT2D eigenvalue weighted by Crippen LogP contribution is 2.28. The van der Waals surface area contributed by atoms with Crippen molar-refractivity contribution in [2.24, 2.45) is 0 Å². The van der Waals surface area contributed by atoms with Crippen LogP contribution in [0, 0.1) is 0 Å². The summed E-state index contributed by atoms with van der Waals surface area (Å²) in [6, 6.07) is 19.3. The molecule has 1 atom stereocenters. The summed E-state index contributed by atoms with van der Waals surface area (Å²) in [5, 5.41) is 1.32. The monoisotopic (exact) mass is 408 g/mol. The minimum atomic E-state index is 0.255. The van der Waals surface area contributed by atoms with Gasteiger partial charge >= 0.3 is 0 Å². The van der Waals surface area contributed by atoms with Gasteiger partial charge in [0.25, 0.3) is 0 Å². The Labute approximate surface area is 176 Å². The van der Waals surface area contributed by atoms with Gasteiger partial charge in [0.05, 0.1) is 7.11 Å². The fourth-order valence-corrected chi connectivity index (χ4v) is 5.24. The fourth-order valence-electron chi connectivity index (χ4n) is 4.11. The maximum absolute atomic E-state index is 12.7. The lowest BCUT2D eigenvalue weighted by Crippen LogP contribution is -2.33. The van der Waals surface area contributed by atoms with Gasteiger partial charge in [0.2, 0.25) is 5.91 Å². The van der Waals surface area contributed by atoms with Gasteiger partial charge in [-0.3, -0.25) is 9.69 Å². The molecule has 1 amide bonds. The second-order valence-corrected chi connectivity index (χ2v) is 8.98. The molecule has 1 saturated heterocycles.